The minimum Gasteiger partial charge on any atom is -0.322 e. The van der Waals surface area contributed by atoms with Crippen molar-refractivity contribution >= 4 is 27.5 Å². The molecule has 0 spiro atoms. The Morgan fingerprint density at radius 3 is 2.80 bits per heavy atom. The van der Waals surface area contributed by atoms with Crippen LogP contribution in [0.15, 0.2) is 40.9 Å². The van der Waals surface area contributed by atoms with Crippen LogP contribution in [0.3, 0.4) is 0 Å². The van der Waals surface area contributed by atoms with Crippen molar-refractivity contribution in [1.82, 2.24) is 0 Å². The summed E-state index contributed by atoms with van der Waals surface area (Å²) in [5.41, 5.74) is 1.61. The highest BCUT2D eigenvalue weighted by molar-refractivity contribution is 9.10. The molecule has 5 heteroatoms. The summed E-state index contributed by atoms with van der Waals surface area (Å²) in [6.45, 7) is 1.82. The molecule has 20 heavy (non-hydrogen) atoms. The molecular formula is C15H10BrFN2O. The first kappa shape index (κ1) is 14.2. The summed E-state index contributed by atoms with van der Waals surface area (Å²) in [5, 5.41) is 11.4. The third-order valence-electron chi connectivity index (χ3n) is 2.86. The van der Waals surface area contributed by atoms with Crippen LogP contribution >= 0.6 is 15.9 Å². The number of hydrogen-bond donors (Lipinski definition) is 1. The molecule has 0 bridgehead atoms. The smallest absolute Gasteiger partial charge is 0.255 e. The van der Waals surface area contributed by atoms with Gasteiger partial charge in [0.25, 0.3) is 5.91 Å². The van der Waals surface area contributed by atoms with E-state index in [1.807, 2.05) is 13.0 Å². The number of rotatable bonds is 2. The second-order valence-corrected chi connectivity index (χ2v) is 5.03. The Hall–Kier alpha value is -2.19. The number of nitrogens with zero attached hydrogens (tertiary/aromatic N) is 1. The maximum Gasteiger partial charge on any atom is 0.255 e. The standard InChI is InChI=1S/C15H10BrFN2O/c1-9-12(3-2-4-13(9)16)15(20)19-11-5-6-14(17)10(7-11)8-18/h2-7H,1H3,(H,19,20). The Labute approximate surface area is 124 Å². The molecule has 0 unspecified atom stereocenters. The topological polar surface area (TPSA) is 52.9 Å². The maximum absolute atomic E-state index is 13.2. The number of halogens is 2. The normalized spacial score (nSPS) is 9.90. The second-order valence-electron chi connectivity index (χ2n) is 4.17. The van der Waals surface area contributed by atoms with Gasteiger partial charge in [-0.05, 0) is 42.8 Å². The Balaban J connectivity index is 2.29. The molecule has 2 rings (SSSR count). The van der Waals surface area contributed by atoms with Gasteiger partial charge in [-0.1, -0.05) is 22.0 Å². The third-order valence-corrected chi connectivity index (χ3v) is 3.72. The summed E-state index contributed by atoms with van der Waals surface area (Å²) in [7, 11) is 0. The molecule has 1 amide bonds. The highest BCUT2D eigenvalue weighted by Crippen LogP contribution is 2.21. The van der Waals surface area contributed by atoms with Crippen LogP contribution in [-0.2, 0) is 0 Å². The van der Waals surface area contributed by atoms with Gasteiger partial charge in [0.15, 0.2) is 0 Å². The van der Waals surface area contributed by atoms with Gasteiger partial charge in [-0.15, -0.1) is 0 Å². The molecule has 0 aliphatic heterocycles. The fourth-order valence-corrected chi connectivity index (χ4v) is 2.11. The van der Waals surface area contributed by atoms with Gasteiger partial charge in [-0.2, -0.15) is 5.26 Å². The predicted molar refractivity (Wildman–Crippen MR) is 77.9 cm³/mol. The zero-order valence-corrected chi connectivity index (χ0v) is 12.2. The number of carbonyl (C=O) groups excluding carboxylic acids is 1. The lowest BCUT2D eigenvalue weighted by atomic mass is 10.1. The summed E-state index contributed by atoms with van der Waals surface area (Å²) in [4.78, 5) is 12.2. The maximum atomic E-state index is 13.2. The van der Waals surface area contributed by atoms with Gasteiger partial charge < -0.3 is 5.32 Å². The lowest BCUT2D eigenvalue weighted by Gasteiger charge is -2.09. The minimum atomic E-state index is -0.607. The molecule has 0 fully saturated rings. The monoisotopic (exact) mass is 332 g/mol. The van der Waals surface area contributed by atoms with E-state index in [0.29, 0.717) is 11.3 Å². The van der Waals surface area contributed by atoms with E-state index in [0.717, 1.165) is 16.1 Å². The van der Waals surface area contributed by atoms with Crippen molar-refractivity contribution in [1.29, 1.82) is 5.26 Å². The molecular weight excluding hydrogens is 323 g/mol. The van der Waals surface area contributed by atoms with Crippen LogP contribution < -0.4 is 5.32 Å². The van der Waals surface area contributed by atoms with Gasteiger partial charge in [0.05, 0.1) is 5.56 Å². The Morgan fingerprint density at radius 2 is 2.10 bits per heavy atom. The van der Waals surface area contributed by atoms with Crippen LogP contribution in [-0.4, -0.2) is 5.91 Å². The largest absolute Gasteiger partial charge is 0.322 e. The molecule has 100 valence electrons. The summed E-state index contributed by atoms with van der Waals surface area (Å²) in [6, 6.07) is 10.9. The van der Waals surface area contributed by atoms with Crippen molar-refractivity contribution in [3.05, 3.63) is 63.4 Å². The predicted octanol–water partition coefficient (Wildman–Crippen LogP) is 4.02. The van der Waals surface area contributed by atoms with Crippen LogP contribution in [0.2, 0.25) is 0 Å². The van der Waals surface area contributed by atoms with Crippen LogP contribution in [0, 0.1) is 24.1 Å². The van der Waals surface area contributed by atoms with E-state index in [4.69, 9.17) is 5.26 Å². The fourth-order valence-electron chi connectivity index (χ4n) is 1.74. The molecule has 0 aliphatic carbocycles. The fraction of sp³-hybridized carbons (Fsp3) is 0.0667. The van der Waals surface area contributed by atoms with Gasteiger partial charge in [-0.3, -0.25) is 4.79 Å². The zero-order chi connectivity index (χ0) is 14.7. The minimum absolute atomic E-state index is 0.103. The quantitative estimate of drug-likeness (QED) is 0.902. The van der Waals surface area contributed by atoms with Crippen molar-refractivity contribution < 1.29 is 9.18 Å². The summed E-state index contributed by atoms with van der Waals surface area (Å²) >= 11 is 3.36. The summed E-state index contributed by atoms with van der Waals surface area (Å²) in [5.74, 6) is -0.913. The number of benzene rings is 2. The molecule has 0 aromatic heterocycles. The number of nitrogens with one attached hydrogen (secondary N) is 1. The molecule has 0 saturated carbocycles. The SMILES string of the molecule is Cc1c(Br)cccc1C(=O)Nc1ccc(F)c(C#N)c1. The van der Waals surface area contributed by atoms with Gasteiger partial charge in [0.1, 0.15) is 11.9 Å². The highest BCUT2D eigenvalue weighted by atomic mass is 79.9. The first-order valence-electron chi connectivity index (χ1n) is 5.79. The van der Waals surface area contributed by atoms with Crippen molar-refractivity contribution in [2.24, 2.45) is 0 Å². The molecule has 2 aromatic rings. The van der Waals surface area contributed by atoms with Gasteiger partial charge in [-0.25, -0.2) is 4.39 Å². The molecule has 3 nitrogen and oxygen atoms in total. The van der Waals surface area contributed by atoms with Crippen LogP contribution in [0.4, 0.5) is 10.1 Å². The highest BCUT2D eigenvalue weighted by Gasteiger charge is 2.12. The number of amides is 1. The number of nitriles is 1. The lowest BCUT2D eigenvalue weighted by molar-refractivity contribution is 0.102. The summed E-state index contributed by atoms with van der Waals surface area (Å²) < 4.78 is 14.0. The molecule has 0 aliphatic rings. The summed E-state index contributed by atoms with van der Waals surface area (Å²) in [6.07, 6.45) is 0. The average Bonchev–Trinajstić information content (AvgIpc) is 2.43. The van der Waals surface area contributed by atoms with E-state index in [1.54, 1.807) is 18.2 Å². The molecule has 0 radical (unpaired) electrons. The van der Waals surface area contributed by atoms with Crippen molar-refractivity contribution in [2.45, 2.75) is 6.92 Å². The van der Waals surface area contributed by atoms with Crippen LogP contribution in [0.5, 0.6) is 0 Å². The number of hydrogen-bond acceptors (Lipinski definition) is 2. The van der Waals surface area contributed by atoms with Crippen molar-refractivity contribution in [2.75, 3.05) is 5.32 Å². The van der Waals surface area contributed by atoms with E-state index in [2.05, 4.69) is 21.2 Å². The Morgan fingerprint density at radius 1 is 1.35 bits per heavy atom. The van der Waals surface area contributed by atoms with Crippen LogP contribution in [0.1, 0.15) is 21.5 Å². The Kier molecular flexibility index (Phi) is 4.16. The van der Waals surface area contributed by atoms with Gasteiger partial charge in [0, 0.05) is 15.7 Å². The van der Waals surface area contributed by atoms with Gasteiger partial charge in [0.2, 0.25) is 0 Å². The Bertz CT molecular complexity index is 722. The van der Waals surface area contributed by atoms with E-state index in [9.17, 15) is 9.18 Å². The van der Waals surface area contributed by atoms with E-state index < -0.39 is 5.82 Å². The zero-order valence-electron chi connectivity index (χ0n) is 10.6. The first-order valence-corrected chi connectivity index (χ1v) is 6.58. The van der Waals surface area contributed by atoms with Crippen molar-refractivity contribution in [3.8, 4) is 6.07 Å². The van der Waals surface area contributed by atoms with E-state index in [1.165, 1.54) is 12.1 Å². The van der Waals surface area contributed by atoms with E-state index in [-0.39, 0.29) is 11.5 Å². The third kappa shape index (κ3) is 2.86. The van der Waals surface area contributed by atoms with E-state index >= 15 is 0 Å². The van der Waals surface area contributed by atoms with Gasteiger partial charge >= 0.3 is 0 Å². The second kappa shape index (κ2) is 5.85. The first-order chi connectivity index (χ1) is 9.52. The lowest BCUT2D eigenvalue weighted by Crippen LogP contribution is -2.13. The molecule has 0 saturated heterocycles. The molecule has 0 atom stereocenters. The molecule has 0 heterocycles. The molecule has 1 N–H and O–H groups in total. The van der Waals surface area contributed by atoms with Crippen molar-refractivity contribution in [3.63, 3.8) is 0 Å². The molecule has 2 aromatic carbocycles. The average molecular weight is 333 g/mol. The number of carbonyl (C=O) groups is 1. The number of anilines is 1. The van der Waals surface area contributed by atoms with Crippen LogP contribution in [0.25, 0.3) is 0 Å².